The summed E-state index contributed by atoms with van der Waals surface area (Å²) in [5.41, 5.74) is 8.17. The van der Waals surface area contributed by atoms with Crippen molar-refractivity contribution in [2.45, 2.75) is 63.5 Å². The van der Waals surface area contributed by atoms with E-state index in [0.717, 1.165) is 12.0 Å². The van der Waals surface area contributed by atoms with E-state index in [0.29, 0.717) is 6.42 Å². The highest BCUT2D eigenvalue weighted by Crippen LogP contribution is 2.31. The zero-order valence-corrected chi connectivity index (χ0v) is 16.8. The van der Waals surface area contributed by atoms with Crippen LogP contribution in [-0.4, -0.2) is 36.0 Å². The summed E-state index contributed by atoms with van der Waals surface area (Å²) in [6.45, 7) is 5.56. The topological polar surface area (TPSA) is 76.9 Å². The summed E-state index contributed by atoms with van der Waals surface area (Å²) in [6, 6.07) is 19.9. The van der Waals surface area contributed by atoms with Gasteiger partial charge in [0.05, 0.1) is 6.04 Å². The normalized spacial score (nSPS) is 20.9. The molecule has 5 nitrogen and oxygen atoms in total. The van der Waals surface area contributed by atoms with Crippen LogP contribution in [-0.2, 0) is 22.3 Å². The summed E-state index contributed by atoms with van der Waals surface area (Å²) in [7, 11) is 0. The molecule has 1 saturated heterocycles. The van der Waals surface area contributed by atoms with Gasteiger partial charge in [-0.2, -0.15) is 0 Å². The molecule has 4 atom stereocenters. The number of carbonyl (C=O) groups is 1. The average Bonchev–Trinajstić information content (AvgIpc) is 3.42. The van der Waals surface area contributed by atoms with Crippen LogP contribution in [0.1, 0.15) is 31.9 Å². The molecule has 0 radical (unpaired) electrons. The second-order valence-corrected chi connectivity index (χ2v) is 8.36. The Balaban J connectivity index is 1.64. The molecule has 0 aliphatic carbocycles. The van der Waals surface area contributed by atoms with Gasteiger partial charge in [-0.15, -0.1) is 0 Å². The number of amides is 1. The first-order valence-corrected chi connectivity index (χ1v) is 9.80. The van der Waals surface area contributed by atoms with Crippen LogP contribution < -0.4 is 11.1 Å². The van der Waals surface area contributed by atoms with Gasteiger partial charge < -0.3 is 20.5 Å². The van der Waals surface area contributed by atoms with Crippen LogP contribution in [0.25, 0.3) is 0 Å². The predicted octanol–water partition coefficient (Wildman–Crippen LogP) is 3.46. The Bertz CT molecular complexity index is 758. The van der Waals surface area contributed by atoms with E-state index >= 15 is 0 Å². The van der Waals surface area contributed by atoms with Crippen LogP contribution in [0.4, 0.5) is 4.79 Å². The van der Waals surface area contributed by atoms with Gasteiger partial charge in [0.1, 0.15) is 17.8 Å². The number of ether oxygens (including phenoxy) is 2. The van der Waals surface area contributed by atoms with Crippen molar-refractivity contribution in [2.24, 2.45) is 5.73 Å². The summed E-state index contributed by atoms with van der Waals surface area (Å²) in [4.78, 5) is 12.3. The van der Waals surface area contributed by atoms with Crippen molar-refractivity contribution >= 4 is 6.09 Å². The monoisotopic (exact) mass is 382 g/mol. The molecular weight excluding hydrogens is 352 g/mol. The fraction of sp³-hybridized carbons (Fsp3) is 0.435. The van der Waals surface area contributed by atoms with Gasteiger partial charge in [0.25, 0.3) is 0 Å². The highest BCUT2D eigenvalue weighted by Gasteiger charge is 2.49. The third-order valence-electron chi connectivity index (χ3n) is 4.69. The lowest BCUT2D eigenvalue weighted by Gasteiger charge is -2.23. The highest BCUT2D eigenvalue weighted by molar-refractivity contribution is 5.68. The molecule has 2 aromatic carbocycles. The summed E-state index contributed by atoms with van der Waals surface area (Å²) < 4.78 is 11.4. The number of rotatable bonds is 7. The van der Waals surface area contributed by atoms with Crippen LogP contribution in [0.15, 0.2) is 60.7 Å². The zero-order chi connectivity index (χ0) is 20.1. The van der Waals surface area contributed by atoms with Gasteiger partial charge in [0.15, 0.2) is 0 Å². The van der Waals surface area contributed by atoms with Crippen molar-refractivity contribution in [3.05, 3.63) is 71.8 Å². The fourth-order valence-corrected chi connectivity index (χ4v) is 3.38. The molecule has 150 valence electrons. The first kappa shape index (κ1) is 20.4. The summed E-state index contributed by atoms with van der Waals surface area (Å²) >= 11 is 0. The van der Waals surface area contributed by atoms with E-state index in [4.69, 9.17) is 15.2 Å². The Morgan fingerprint density at radius 2 is 1.54 bits per heavy atom. The smallest absolute Gasteiger partial charge is 0.407 e. The van der Waals surface area contributed by atoms with E-state index in [1.54, 1.807) is 0 Å². The van der Waals surface area contributed by atoms with Gasteiger partial charge in [0.2, 0.25) is 0 Å². The lowest BCUT2D eigenvalue weighted by molar-refractivity contribution is 0.0495. The summed E-state index contributed by atoms with van der Waals surface area (Å²) in [5.74, 6) is 0. The molecule has 1 aliphatic rings. The molecule has 5 heteroatoms. The van der Waals surface area contributed by atoms with Gasteiger partial charge >= 0.3 is 6.09 Å². The molecule has 1 aliphatic heterocycles. The maximum atomic E-state index is 12.3. The lowest BCUT2D eigenvalue weighted by atomic mass is 9.96. The van der Waals surface area contributed by atoms with E-state index in [9.17, 15) is 4.79 Å². The van der Waals surface area contributed by atoms with E-state index in [2.05, 4.69) is 17.4 Å². The van der Waals surface area contributed by atoms with Gasteiger partial charge in [-0.3, -0.25) is 0 Å². The number of benzene rings is 2. The molecule has 1 amide bonds. The van der Waals surface area contributed by atoms with E-state index in [1.807, 2.05) is 69.3 Å². The van der Waals surface area contributed by atoms with E-state index in [1.165, 1.54) is 5.56 Å². The molecule has 2 aromatic rings. The van der Waals surface area contributed by atoms with Gasteiger partial charge in [-0.25, -0.2) is 4.79 Å². The summed E-state index contributed by atoms with van der Waals surface area (Å²) in [5, 5.41) is 2.99. The van der Waals surface area contributed by atoms with Crippen LogP contribution in [0.5, 0.6) is 0 Å². The molecule has 0 aromatic heterocycles. The molecule has 0 spiro atoms. The number of hydrogen-bond donors (Lipinski definition) is 2. The Morgan fingerprint density at radius 1 is 1.00 bits per heavy atom. The number of nitrogens with one attached hydrogen (secondary N) is 1. The zero-order valence-electron chi connectivity index (χ0n) is 16.8. The van der Waals surface area contributed by atoms with E-state index in [-0.39, 0.29) is 24.3 Å². The molecule has 1 fully saturated rings. The number of nitrogens with two attached hydrogens (primary N) is 1. The SMILES string of the molecule is CC(C)(C)OC(=O)NC(Cc1ccccc1)C1OC1C(N)Cc1ccccc1. The maximum absolute atomic E-state index is 12.3. The predicted molar refractivity (Wildman–Crippen MR) is 110 cm³/mol. The van der Waals surface area contributed by atoms with Crippen LogP contribution >= 0.6 is 0 Å². The van der Waals surface area contributed by atoms with E-state index < -0.39 is 11.7 Å². The average molecular weight is 383 g/mol. The second kappa shape index (κ2) is 8.76. The van der Waals surface area contributed by atoms with Crippen molar-refractivity contribution in [3.8, 4) is 0 Å². The van der Waals surface area contributed by atoms with Gasteiger partial charge in [0, 0.05) is 6.04 Å². The minimum atomic E-state index is -0.547. The minimum Gasteiger partial charge on any atom is -0.444 e. The van der Waals surface area contributed by atoms with Crippen LogP contribution in [0.2, 0.25) is 0 Å². The van der Waals surface area contributed by atoms with Crippen LogP contribution in [0.3, 0.4) is 0 Å². The van der Waals surface area contributed by atoms with Crippen molar-refractivity contribution in [2.75, 3.05) is 0 Å². The number of hydrogen-bond acceptors (Lipinski definition) is 4. The number of alkyl carbamates (subject to hydrolysis) is 1. The standard InChI is InChI=1S/C23H30N2O3/c1-23(2,3)28-22(26)25-19(15-17-12-8-5-9-13-17)21-20(27-21)18(24)14-16-10-6-4-7-11-16/h4-13,18-21H,14-15,24H2,1-3H3,(H,25,26). The summed E-state index contributed by atoms with van der Waals surface area (Å²) in [6.07, 6.45) is 0.779. The Morgan fingerprint density at radius 3 is 2.07 bits per heavy atom. The molecular formula is C23H30N2O3. The van der Waals surface area contributed by atoms with Crippen molar-refractivity contribution in [1.29, 1.82) is 0 Å². The number of carbonyl (C=O) groups excluding carboxylic acids is 1. The number of epoxide rings is 1. The molecule has 0 bridgehead atoms. The third kappa shape index (κ3) is 6.08. The molecule has 3 N–H and O–H groups in total. The van der Waals surface area contributed by atoms with Crippen molar-refractivity contribution in [1.82, 2.24) is 5.32 Å². The van der Waals surface area contributed by atoms with Crippen molar-refractivity contribution in [3.63, 3.8) is 0 Å². The Kier molecular flexibility index (Phi) is 6.37. The maximum Gasteiger partial charge on any atom is 0.407 e. The van der Waals surface area contributed by atoms with Gasteiger partial charge in [-0.05, 0) is 44.7 Å². The molecule has 28 heavy (non-hydrogen) atoms. The van der Waals surface area contributed by atoms with Gasteiger partial charge in [-0.1, -0.05) is 60.7 Å². The highest BCUT2D eigenvalue weighted by atomic mass is 16.6. The lowest BCUT2D eigenvalue weighted by Crippen LogP contribution is -2.45. The third-order valence-corrected chi connectivity index (χ3v) is 4.69. The Labute approximate surface area is 167 Å². The first-order chi connectivity index (χ1) is 13.3. The first-order valence-electron chi connectivity index (χ1n) is 9.80. The molecule has 0 saturated carbocycles. The molecule has 3 rings (SSSR count). The molecule has 4 unspecified atom stereocenters. The second-order valence-electron chi connectivity index (χ2n) is 8.36. The largest absolute Gasteiger partial charge is 0.444 e. The quantitative estimate of drug-likeness (QED) is 0.719. The Hall–Kier alpha value is -2.37. The fourth-order valence-electron chi connectivity index (χ4n) is 3.38. The van der Waals surface area contributed by atoms with Crippen LogP contribution in [0, 0.1) is 0 Å². The minimum absolute atomic E-state index is 0.0798. The molecule has 1 heterocycles. The van der Waals surface area contributed by atoms with Crippen molar-refractivity contribution < 1.29 is 14.3 Å².